The fourth-order valence-electron chi connectivity index (χ4n) is 3.39. The van der Waals surface area contributed by atoms with Gasteiger partial charge in [-0.2, -0.15) is 0 Å². The first-order valence-electron chi connectivity index (χ1n) is 9.44. The number of aromatic nitrogens is 3. The van der Waals surface area contributed by atoms with Gasteiger partial charge >= 0.3 is 5.97 Å². The number of benzene rings is 1. The summed E-state index contributed by atoms with van der Waals surface area (Å²) in [7, 11) is 1.39. The Morgan fingerprint density at radius 3 is 3.03 bits per heavy atom. The van der Waals surface area contributed by atoms with Crippen LogP contribution < -0.4 is 5.32 Å². The van der Waals surface area contributed by atoms with E-state index in [2.05, 4.69) is 15.5 Å². The summed E-state index contributed by atoms with van der Waals surface area (Å²) < 4.78 is 11.4. The SMILES string of the molecule is COC(=O)c1c(CSc2nnc(NC[C@@H]3CCCO3)s2)nc2ccccc2c1C. The van der Waals surface area contributed by atoms with E-state index in [4.69, 9.17) is 14.5 Å². The quantitative estimate of drug-likeness (QED) is 0.444. The number of hydrogen-bond acceptors (Lipinski definition) is 9. The Hall–Kier alpha value is -2.23. The molecule has 1 saturated heterocycles. The van der Waals surface area contributed by atoms with Gasteiger partial charge in [-0.15, -0.1) is 10.2 Å². The number of pyridine rings is 1. The van der Waals surface area contributed by atoms with E-state index in [0.29, 0.717) is 17.0 Å². The highest BCUT2D eigenvalue weighted by Gasteiger charge is 2.20. The van der Waals surface area contributed by atoms with Crippen LogP contribution in [-0.2, 0) is 15.2 Å². The van der Waals surface area contributed by atoms with Crippen LogP contribution in [0.1, 0.15) is 34.5 Å². The maximum absolute atomic E-state index is 12.4. The fourth-order valence-corrected chi connectivity index (χ4v) is 5.10. The molecule has 0 spiro atoms. The smallest absolute Gasteiger partial charge is 0.340 e. The van der Waals surface area contributed by atoms with Crippen molar-refractivity contribution in [2.24, 2.45) is 0 Å². The molecule has 0 aliphatic carbocycles. The lowest BCUT2D eigenvalue weighted by Gasteiger charge is -2.12. The number of nitrogens with zero attached hydrogens (tertiary/aromatic N) is 3. The molecule has 1 aliphatic rings. The van der Waals surface area contributed by atoms with Gasteiger partial charge in [-0.25, -0.2) is 4.79 Å². The first-order valence-corrected chi connectivity index (χ1v) is 11.2. The van der Waals surface area contributed by atoms with Crippen LogP contribution in [0.2, 0.25) is 0 Å². The molecule has 1 aliphatic heterocycles. The molecule has 2 aromatic heterocycles. The van der Waals surface area contributed by atoms with Crippen LogP contribution in [0.15, 0.2) is 28.6 Å². The van der Waals surface area contributed by atoms with Crippen molar-refractivity contribution in [2.75, 3.05) is 25.6 Å². The van der Waals surface area contributed by atoms with Gasteiger partial charge in [0, 0.05) is 24.3 Å². The lowest BCUT2D eigenvalue weighted by atomic mass is 10.0. The number of thioether (sulfide) groups is 1. The van der Waals surface area contributed by atoms with Gasteiger partial charge in [-0.1, -0.05) is 41.3 Å². The Kier molecular flexibility index (Phi) is 6.27. The molecule has 3 aromatic rings. The van der Waals surface area contributed by atoms with E-state index in [-0.39, 0.29) is 12.1 Å². The first kappa shape index (κ1) is 20.1. The van der Waals surface area contributed by atoms with Crippen LogP contribution in [0.4, 0.5) is 5.13 Å². The normalized spacial score (nSPS) is 16.3. The zero-order valence-electron chi connectivity index (χ0n) is 16.3. The highest BCUT2D eigenvalue weighted by atomic mass is 32.2. The van der Waals surface area contributed by atoms with Gasteiger partial charge in [-0.3, -0.25) is 4.98 Å². The number of carbonyl (C=O) groups is 1. The number of hydrogen-bond donors (Lipinski definition) is 1. The Balaban J connectivity index is 1.49. The summed E-state index contributed by atoms with van der Waals surface area (Å²) >= 11 is 3.01. The Morgan fingerprint density at radius 1 is 1.38 bits per heavy atom. The predicted octanol–water partition coefficient (Wildman–Crippen LogP) is 4.06. The van der Waals surface area contributed by atoms with Gasteiger partial charge in [-0.05, 0) is 31.4 Å². The minimum atomic E-state index is -0.368. The molecule has 4 rings (SSSR count). The van der Waals surface area contributed by atoms with Crippen LogP contribution in [0.3, 0.4) is 0 Å². The van der Waals surface area contributed by atoms with Crippen molar-refractivity contribution in [3.63, 3.8) is 0 Å². The first-order chi connectivity index (χ1) is 14.2. The van der Waals surface area contributed by atoms with E-state index in [1.165, 1.54) is 30.2 Å². The van der Waals surface area contributed by atoms with Crippen molar-refractivity contribution < 1.29 is 14.3 Å². The fraction of sp³-hybridized carbons (Fsp3) is 0.400. The monoisotopic (exact) mass is 430 g/mol. The topological polar surface area (TPSA) is 86.2 Å². The van der Waals surface area contributed by atoms with Gasteiger partial charge in [0.1, 0.15) is 0 Å². The van der Waals surface area contributed by atoms with Crippen molar-refractivity contribution in [3.8, 4) is 0 Å². The number of methoxy groups -OCH3 is 1. The minimum absolute atomic E-state index is 0.252. The maximum atomic E-state index is 12.4. The molecule has 3 heterocycles. The number of para-hydroxylation sites is 1. The van der Waals surface area contributed by atoms with E-state index in [1.54, 1.807) is 0 Å². The molecule has 7 nitrogen and oxygen atoms in total. The standard InChI is InChI=1S/C20H22N4O3S2/c1-12-14-7-3-4-8-15(14)22-16(17(12)18(25)26-2)11-28-20-24-23-19(29-20)21-10-13-6-5-9-27-13/h3-4,7-8,13H,5-6,9-11H2,1-2H3,(H,21,23)/t13-/m0/s1. The third-order valence-corrected chi connectivity index (χ3v) is 6.89. The van der Waals surface area contributed by atoms with Gasteiger partial charge in [0.25, 0.3) is 0 Å². The number of aryl methyl sites for hydroxylation is 1. The van der Waals surface area contributed by atoms with E-state index in [0.717, 1.165) is 51.9 Å². The van der Waals surface area contributed by atoms with Crippen LogP contribution in [0.5, 0.6) is 0 Å². The second-order valence-electron chi connectivity index (χ2n) is 6.74. The summed E-state index contributed by atoms with van der Waals surface area (Å²) in [5.41, 5.74) is 2.97. The Labute approximate surface area is 177 Å². The second-order valence-corrected chi connectivity index (χ2v) is 8.94. The van der Waals surface area contributed by atoms with Crippen molar-refractivity contribution in [3.05, 3.63) is 41.1 Å². The molecule has 1 aromatic carbocycles. The lowest BCUT2D eigenvalue weighted by Crippen LogP contribution is -2.18. The van der Waals surface area contributed by atoms with Crippen LogP contribution >= 0.6 is 23.1 Å². The van der Waals surface area contributed by atoms with Crippen molar-refractivity contribution in [1.82, 2.24) is 15.2 Å². The summed E-state index contributed by atoms with van der Waals surface area (Å²) in [6.45, 7) is 3.52. The summed E-state index contributed by atoms with van der Waals surface area (Å²) in [5.74, 6) is 0.142. The number of ether oxygens (including phenoxy) is 2. The third-order valence-electron chi connectivity index (χ3n) is 4.86. The molecular formula is C20H22N4O3S2. The highest BCUT2D eigenvalue weighted by molar-refractivity contribution is 8.00. The number of nitrogens with one attached hydrogen (secondary N) is 1. The summed E-state index contributed by atoms with van der Waals surface area (Å²) in [5, 5.41) is 13.5. The van der Waals surface area contributed by atoms with Crippen molar-refractivity contribution in [2.45, 2.75) is 36.0 Å². The van der Waals surface area contributed by atoms with Crippen LogP contribution in [0.25, 0.3) is 10.9 Å². The molecule has 0 bridgehead atoms. The van der Waals surface area contributed by atoms with E-state index >= 15 is 0 Å². The van der Waals surface area contributed by atoms with Crippen LogP contribution in [0, 0.1) is 6.92 Å². The molecule has 1 N–H and O–H groups in total. The number of rotatable bonds is 7. The summed E-state index contributed by atoms with van der Waals surface area (Å²) in [4.78, 5) is 17.1. The average molecular weight is 431 g/mol. The lowest BCUT2D eigenvalue weighted by molar-refractivity contribution is 0.0598. The van der Waals surface area contributed by atoms with E-state index in [9.17, 15) is 4.79 Å². The zero-order chi connectivity index (χ0) is 20.2. The van der Waals surface area contributed by atoms with Gasteiger partial charge in [0.2, 0.25) is 5.13 Å². The average Bonchev–Trinajstić information content (AvgIpc) is 3.42. The zero-order valence-corrected chi connectivity index (χ0v) is 17.9. The van der Waals surface area contributed by atoms with Gasteiger partial charge in [0.15, 0.2) is 4.34 Å². The Morgan fingerprint density at radius 2 is 2.24 bits per heavy atom. The molecule has 0 saturated carbocycles. The molecule has 9 heteroatoms. The molecule has 1 atom stereocenters. The number of anilines is 1. The van der Waals surface area contributed by atoms with Crippen molar-refractivity contribution >= 4 is 45.1 Å². The van der Waals surface area contributed by atoms with E-state index < -0.39 is 0 Å². The largest absolute Gasteiger partial charge is 0.465 e. The molecule has 0 radical (unpaired) electrons. The van der Waals surface area contributed by atoms with Gasteiger partial charge in [0.05, 0.1) is 30.0 Å². The molecular weight excluding hydrogens is 408 g/mol. The predicted molar refractivity (Wildman–Crippen MR) is 115 cm³/mol. The molecule has 152 valence electrons. The molecule has 0 amide bonds. The molecule has 29 heavy (non-hydrogen) atoms. The summed E-state index contributed by atoms with van der Waals surface area (Å²) in [6, 6.07) is 7.81. The van der Waals surface area contributed by atoms with Gasteiger partial charge < -0.3 is 14.8 Å². The Bertz CT molecular complexity index is 1020. The molecule has 1 fully saturated rings. The van der Waals surface area contributed by atoms with Crippen LogP contribution in [-0.4, -0.2) is 47.5 Å². The van der Waals surface area contributed by atoms with E-state index in [1.807, 2.05) is 31.2 Å². The number of carbonyl (C=O) groups excluding carboxylic acids is 1. The second kappa shape index (κ2) is 9.06. The third kappa shape index (κ3) is 4.52. The van der Waals surface area contributed by atoms with Crippen molar-refractivity contribution in [1.29, 1.82) is 0 Å². The maximum Gasteiger partial charge on any atom is 0.340 e. The number of esters is 1. The number of fused-ring (bicyclic) bond motifs is 1. The highest BCUT2D eigenvalue weighted by Crippen LogP contribution is 2.31. The molecule has 0 unspecified atom stereocenters. The summed E-state index contributed by atoms with van der Waals surface area (Å²) in [6.07, 6.45) is 2.45. The minimum Gasteiger partial charge on any atom is -0.465 e.